The van der Waals surface area contributed by atoms with Gasteiger partial charge >= 0.3 is 5.69 Å². The lowest BCUT2D eigenvalue weighted by molar-refractivity contribution is -0.895. The molecule has 0 amide bonds. The number of sulfonamides is 1. The Morgan fingerprint density at radius 3 is 2.36 bits per heavy atom. The monoisotopic (exact) mass is 556 g/mol. The molecule has 2 aliphatic heterocycles. The topological polar surface area (TPSA) is 147 Å². The van der Waals surface area contributed by atoms with E-state index in [0.717, 1.165) is 15.0 Å². The predicted octanol–water partition coefficient (Wildman–Crippen LogP) is -1.28. The number of anilines is 1. The van der Waals surface area contributed by atoms with Crippen molar-refractivity contribution in [3.8, 4) is 11.5 Å². The van der Waals surface area contributed by atoms with Crippen molar-refractivity contribution < 1.29 is 27.6 Å². The Morgan fingerprint density at radius 1 is 1.00 bits per heavy atom. The molecule has 0 bridgehead atoms. The van der Waals surface area contributed by atoms with Gasteiger partial charge in [-0.25, -0.2) is 13.2 Å². The zero-order chi connectivity index (χ0) is 27.7. The smallest absolute Gasteiger partial charge is 0.332 e. The summed E-state index contributed by atoms with van der Waals surface area (Å²) >= 11 is 0. The standard InChI is InChI=1S/C26H29N5O7S/c1-28-25(33)23(24(27)31(26(28)34)16-18-5-3-2-4-6-18)20(32)17-29-9-11-30(12-10-29)39(35,36)19-7-8-21-22(15-19)38-14-13-37-21/h2-8,15H,9-14,16-17,27H2,1H3/p+1. The van der Waals surface area contributed by atoms with Gasteiger partial charge in [0.1, 0.15) is 31.1 Å². The van der Waals surface area contributed by atoms with Gasteiger partial charge in [-0.05, 0) is 17.7 Å². The van der Waals surface area contributed by atoms with Crippen LogP contribution >= 0.6 is 0 Å². The average molecular weight is 557 g/mol. The third-order valence-electron chi connectivity index (χ3n) is 7.04. The lowest BCUT2D eigenvalue weighted by Gasteiger charge is -2.31. The number of nitrogen functional groups attached to an aromatic ring is 1. The number of ether oxygens (including phenoxy) is 2. The molecule has 3 aromatic rings. The summed E-state index contributed by atoms with van der Waals surface area (Å²) < 4.78 is 40.9. The summed E-state index contributed by atoms with van der Waals surface area (Å²) in [6.07, 6.45) is 0. The van der Waals surface area contributed by atoms with Crippen LogP contribution in [0.3, 0.4) is 0 Å². The first-order chi connectivity index (χ1) is 18.7. The molecule has 2 aromatic carbocycles. The molecule has 12 nitrogen and oxygen atoms in total. The zero-order valence-corrected chi connectivity index (χ0v) is 22.3. The van der Waals surface area contributed by atoms with Gasteiger partial charge in [0.25, 0.3) is 5.56 Å². The molecule has 0 saturated carbocycles. The van der Waals surface area contributed by atoms with Gasteiger partial charge in [0.2, 0.25) is 15.8 Å². The molecule has 0 radical (unpaired) electrons. The fourth-order valence-corrected chi connectivity index (χ4v) is 6.29. The van der Waals surface area contributed by atoms with E-state index < -0.39 is 27.1 Å². The summed E-state index contributed by atoms with van der Waals surface area (Å²) in [5.41, 5.74) is 5.43. The molecule has 0 spiro atoms. The molecule has 0 aliphatic carbocycles. The second-order valence-electron chi connectivity index (χ2n) is 9.54. The molecule has 39 heavy (non-hydrogen) atoms. The van der Waals surface area contributed by atoms with Gasteiger partial charge in [-0.3, -0.25) is 18.7 Å². The van der Waals surface area contributed by atoms with E-state index in [0.29, 0.717) is 37.8 Å². The number of rotatable bonds is 7. The van der Waals surface area contributed by atoms with Crippen molar-refractivity contribution in [1.29, 1.82) is 0 Å². The number of nitrogens with one attached hydrogen (secondary N) is 1. The summed E-state index contributed by atoms with van der Waals surface area (Å²) in [6.45, 7) is 1.93. The highest BCUT2D eigenvalue weighted by molar-refractivity contribution is 7.89. The van der Waals surface area contributed by atoms with Crippen LogP contribution in [0.25, 0.3) is 0 Å². The fraction of sp³-hybridized carbons (Fsp3) is 0.346. The summed E-state index contributed by atoms with van der Waals surface area (Å²) in [6, 6.07) is 13.7. The summed E-state index contributed by atoms with van der Waals surface area (Å²) in [4.78, 5) is 39.8. The van der Waals surface area contributed by atoms with E-state index in [2.05, 4.69) is 0 Å². The van der Waals surface area contributed by atoms with Crippen molar-refractivity contribution in [2.45, 2.75) is 11.4 Å². The third kappa shape index (κ3) is 5.20. The Morgan fingerprint density at radius 2 is 1.67 bits per heavy atom. The molecule has 1 saturated heterocycles. The van der Waals surface area contributed by atoms with Crippen LogP contribution in [0.15, 0.2) is 63.0 Å². The number of hydrogen-bond donors (Lipinski definition) is 2. The minimum absolute atomic E-state index is 0.0547. The Hall–Kier alpha value is -3.94. The Balaban J connectivity index is 1.29. The molecule has 1 aromatic heterocycles. The van der Waals surface area contributed by atoms with E-state index in [1.54, 1.807) is 6.07 Å². The van der Waals surface area contributed by atoms with Crippen molar-refractivity contribution in [2.24, 2.45) is 7.05 Å². The van der Waals surface area contributed by atoms with Crippen LogP contribution in [-0.2, 0) is 23.6 Å². The lowest BCUT2D eigenvalue weighted by atomic mass is 10.1. The maximum atomic E-state index is 13.3. The second kappa shape index (κ2) is 10.7. The van der Waals surface area contributed by atoms with Crippen molar-refractivity contribution in [2.75, 3.05) is 51.7 Å². The molecule has 3 heterocycles. The second-order valence-corrected chi connectivity index (χ2v) is 11.5. The summed E-state index contributed by atoms with van der Waals surface area (Å²) in [5.74, 6) is 0.239. The molecule has 3 N–H and O–H groups in total. The highest BCUT2D eigenvalue weighted by atomic mass is 32.2. The number of fused-ring (bicyclic) bond motifs is 1. The first-order valence-corrected chi connectivity index (χ1v) is 14.0. The van der Waals surface area contributed by atoms with Gasteiger partial charge in [-0.1, -0.05) is 30.3 Å². The fourth-order valence-electron chi connectivity index (χ4n) is 4.83. The van der Waals surface area contributed by atoms with Gasteiger partial charge < -0.3 is 20.1 Å². The van der Waals surface area contributed by atoms with E-state index in [4.69, 9.17) is 15.2 Å². The molecule has 13 heteroatoms. The van der Waals surface area contributed by atoms with E-state index in [1.807, 2.05) is 30.3 Å². The quantitative estimate of drug-likeness (QED) is 0.342. The van der Waals surface area contributed by atoms with Gasteiger partial charge in [0, 0.05) is 13.1 Å². The molecule has 0 unspecified atom stereocenters. The lowest BCUT2D eigenvalue weighted by Crippen LogP contribution is -3.15. The maximum Gasteiger partial charge on any atom is 0.332 e. The number of ketones is 1. The predicted molar refractivity (Wildman–Crippen MR) is 142 cm³/mol. The Labute approximate surface area is 224 Å². The van der Waals surface area contributed by atoms with Gasteiger partial charge in [-0.2, -0.15) is 4.31 Å². The van der Waals surface area contributed by atoms with Gasteiger partial charge in [-0.15, -0.1) is 0 Å². The van der Waals surface area contributed by atoms with Crippen molar-refractivity contribution in [3.05, 3.63) is 80.5 Å². The van der Waals surface area contributed by atoms with E-state index in [-0.39, 0.29) is 42.5 Å². The van der Waals surface area contributed by atoms with Crippen LogP contribution < -0.4 is 31.4 Å². The van der Waals surface area contributed by atoms with E-state index >= 15 is 0 Å². The van der Waals surface area contributed by atoms with E-state index in [1.165, 1.54) is 28.1 Å². The molecule has 1 fully saturated rings. The minimum atomic E-state index is -3.77. The van der Waals surface area contributed by atoms with Crippen LogP contribution in [-0.4, -0.2) is 73.6 Å². The van der Waals surface area contributed by atoms with Crippen LogP contribution in [0.1, 0.15) is 15.9 Å². The van der Waals surface area contributed by atoms with Crippen LogP contribution in [0.4, 0.5) is 5.82 Å². The number of nitrogens with two attached hydrogens (primary N) is 1. The van der Waals surface area contributed by atoms with Crippen molar-refractivity contribution in [3.63, 3.8) is 0 Å². The SMILES string of the molecule is Cn1c(=O)c(C(=O)C[NH+]2CCN(S(=O)(=O)c3ccc4c(c3)OCCO4)CC2)c(N)n(Cc2ccccc2)c1=O. The van der Waals surface area contributed by atoms with Crippen LogP contribution in [0.5, 0.6) is 11.5 Å². The number of piperazine rings is 1. The summed E-state index contributed by atoms with van der Waals surface area (Å²) in [7, 11) is -2.45. The van der Waals surface area contributed by atoms with Gasteiger partial charge in [0.05, 0.1) is 37.6 Å². The normalized spacial score (nSPS) is 16.2. The maximum absolute atomic E-state index is 13.3. The van der Waals surface area contributed by atoms with Crippen molar-refractivity contribution in [1.82, 2.24) is 13.4 Å². The first-order valence-electron chi connectivity index (χ1n) is 12.6. The summed E-state index contributed by atoms with van der Waals surface area (Å²) in [5, 5.41) is 0. The highest BCUT2D eigenvalue weighted by Crippen LogP contribution is 2.33. The number of benzene rings is 2. The highest BCUT2D eigenvalue weighted by Gasteiger charge is 2.33. The number of carbonyl (C=O) groups excluding carboxylic acids is 1. The largest absolute Gasteiger partial charge is 0.486 e. The number of quaternary nitrogens is 1. The average Bonchev–Trinajstić information content (AvgIpc) is 2.95. The van der Waals surface area contributed by atoms with Crippen LogP contribution in [0, 0.1) is 0 Å². The number of Topliss-reactive ketones (excluding diaryl/α,β-unsaturated/α-hetero) is 1. The number of nitrogens with zero attached hydrogens (tertiary/aromatic N) is 3. The zero-order valence-electron chi connectivity index (χ0n) is 21.5. The molecular formula is C26H30N5O7S+. The van der Waals surface area contributed by atoms with Crippen molar-refractivity contribution >= 4 is 21.6 Å². The third-order valence-corrected chi connectivity index (χ3v) is 8.93. The number of hydrogen-bond acceptors (Lipinski definition) is 8. The van der Waals surface area contributed by atoms with Gasteiger partial charge in [0.15, 0.2) is 11.5 Å². The molecular weight excluding hydrogens is 526 g/mol. The minimum Gasteiger partial charge on any atom is -0.486 e. The first kappa shape index (κ1) is 26.7. The molecule has 5 rings (SSSR count). The van der Waals surface area contributed by atoms with Crippen LogP contribution in [0.2, 0.25) is 0 Å². The molecule has 0 atom stereocenters. The van der Waals surface area contributed by atoms with E-state index in [9.17, 15) is 22.8 Å². The molecule has 206 valence electrons. The molecule has 2 aliphatic rings. The number of carbonyl (C=O) groups is 1. The Kier molecular flexibility index (Phi) is 7.30. The number of aromatic nitrogens is 2. The Bertz CT molecular complexity index is 1620.